The maximum absolute atomic E-state index is 5.83. The van der Waals surface area contributed by atoms with Crippen molar-refractivity contribution < 1.29 is 18.9 Å². The van der Waals surface area contributed by atoms with Gasteiger partial charge in [0.15, 0.2) is 12.6 Å². The van der Waals surface area contributed by atoms with Crippen molar-refractivity contribution in [3.8, 4) is 0 Å². The predicted molar refractivity (Wildman–Crippen MR) is 82.0 cm³/mol. The lowest BCUT2D eigenvalue weighted by Gasteiger charge is -2.32. The Morgan fingerprint density at radius 3 is 1.67 bits per heavy atom. The maximum Gasteiger partial charge on any atom is 0.157 e. The van der Waals surface area contributed by atoms with Crippen LogP contribution in [0, 0.1) is 11.8 Å². The summed E-state index contributed by atoms with van der Waals surface area (Å²) in [5, 5.41) is 0. The van der Waals surface area contributed by atoms with E-state index in [0.717, 1.165) is 52.1 Å². The molecule has 0 radical (unpaired) electrons. The average molecular weight is 300 g/mol. The van der Waals surface area contributed by atoms with Gasteiger partial charge in [0, 0.05) is 11.8 Å². The van der Waals surface area contributed by atoms with Crippen LogP contribution in [0.5, 0.6) is 0 Å². The summed E-state index contributed by atoms with van der Waals surface area (Å²) in [5.41, 5.74) is 0. The van der Waals surface area contributed by atoms with Crippen LogP contribution in [0.4, 0.5) is 0 Å². The molecule has 0 aromatic rings. The van der Waals surface area contributed by atoms with Crippen LogP contribution in [0.25, 0.3) is 0 Å². The van der Waals surface area contributed by atoms with Crippen molar-refractivity contribution in [1.82, 2.24) is 0 Å². The van der Waals surface area contributed by atoms with Crippen LogP contribution in [-0.2, 0) is 18.9 Å². The molecule has 0 atom stereocenters. The van der Waals surface area contributed by atoms with Gasteiger partial charge in [-0.25, -0.2) is 0 Å². The Morgan fingerprint density at radius 2 is 1.14 bits per heavy atom. The van der Waals surface area contributed by atoms with Gasteiger partial charge in [-0.2, -0.15) is 0 Å². The summed E-state index contributed by atoms with van der Waals surface area (Å²) in [5.74, 6) is 1.08. The lowest BCUT2D eigenvalue weighted by molar-refractivity contribution is -0.219. The third-order valence-electron chi connectivity index (χ3n) is 4.37. The second kappa shape index (κ2) is 9.78. The van der Waals surface area contributed by atoms with Gasteiger partial charge < -0.3 is 18.9 Å². The van der Waals surface area contributed by atoms with E-state index in [4.69, 9.17) is 18.9 Å². The summed E-state index contributed by atoms with van der Waals surface area (Å²) < 4.78 is 23.1. The molecule has 2 aliphatic rings. The Labute approximate surface area is 129 Å². The third kappa shape index (κ3) is 6.23. The van der Waals surface area contributed by atoms with Crippen molar-refractivity contribution in [3.05, 3.63) is 0 Å². The zero-order chi connectivity index (χ0) is 14.9. The van der Waals surface area contributed by atoms with Gasteiger partial charge in [0.1, 0.15) is 0 Å². The third-order valence-corrected chi connectivity index (χ3v) is 4.37. The summed E-state index contributed by atoms with van der Waals surface area (Å²) in [7, 11) is 0. The lowest BCUT2D eigenvalue weighted by Crippen LogP contribution is -2.35. The van der Waals surface area contributed by atoms with Gasteiger partial charge in [-0.05, 0) is 25.7 Å². The molecule has 0 aliphatic carbocycles. The summed E-state index contributed by atoms with van der Waals surface area (Å²) in [6, 6.07) is 0. The van der Waals surface area contributed by atoms with E-state index in [2.05, 4.69) is 13.8 Å². The standard InChI is InChI=1S/C17H32O4/c1-3-5-7-14-10-20-17(21-11-14)9-8-15-12-18-16(6-4-2)19-13-15/h14-17H,3-13H2,1-2H3. The van der Waals surface area contributed by atoms with Crippen molar-refractivity contribution in [2.75, 3.05) is 26.4 Å². The molecule has 4 nitrogen and oxygen atoms in total. The second-order valence-electron chi connectivity index (χ2n) is 6.43. The quantitative estimate of drug-likeness (QED) is 0.684. The zero-order valence-corrected chi connectivity index (χ0v) is 13.7. The molecule has 2 fully saturated rings. The molecule has 2 aliphatic heterocycles. The fourth-order valence-corrected chi connectivity index (χ4v) is 2.93. The summed E-state index contributed by atoms with van der Waals surface area (Å²) in [6.07, 6.45) is 7.88. The Morgan fingerprint density at radius 1 is 0.619 bits per heavy atom. The lowest BCUT2D eigenvalue weighted by atomic mass is 10.0. The van der Waals surface area contributed by atoms with Crippen LogP contribution >= 0.6 is 0 Å². The molecule has 2 rings (SSSR count). The minimum atomic E-state index is -0.0174. The van der Waals surface area contributed by atoms with Gasteiger partial charge in [0.05, 0.1) is 26.4 Å². The van der Waals surface area contributed by atoms with Gasteiger partial charge in [-0.1, -0.05) is 33.1 Å². The second-order valence-corrected chi connectivity index (χ2v) is 6.43. The molecule has 4 heteroatoms. The van der Waals surface area contributed by atoms with Gasteiger partial charge in [-0.15, -0.1) is 0 Å². The molecular weight excluding hydrogens is 268 g/mol. The van der Waals surface area contributed by atoms with E-state index < -0.39 is 0 Å². The molecule has 0 amide bonds. The van der Waals surface area contributed by atoms with E-state index in [1.165, 1.54) is 19.3 Å². The first-order valence-corrected chi connectivity index (χ1v) is 8.78. The van der Waals surface area contributed by atoms with Gasteiger partial charge in [0.2, 0.25) is 0 Å². The SMILES string of the molecule is CCCCC1COC(CCC2COC(CCC)OC2)OC1. The largest absolute Gasteiger partial charge is 0.352 e. The van der Waals surface area contributed by atoms with Gasteiger partial charge in [-0.3, -0.25) is 0 Å². The van der Waals surface area contributed by atoms with Crippen LogP contribution in [0.15, 0.2) is 0 Å². The van der Waals surface area contributed by atoms with Crippen LogP contribution in [0.1, 0.15) is 58.8 Å². The minimum Gasteiger partial charge on any atom is -0.352 e. The Bertz CT molecular complexity index is 256. The highest BCUT2D eigenvalue weighted by molar-refractivity contribution is 4.67. The van der Waals surface area contributed by atoms with Crippen LogP contribution in [-0.4, -0.2) is 39.0 Å². The number of hydrogen-bond acceptors (Lipinski definition) is 4. The molecule has 0 unspecified atom stereocenters. The van der Waals surface area contributed by atoms with E-state index in [1.807, 2.05) is 0 Å². The minimum absolute atomic E-state index is 0.0174. The molecule has 0 saturated carbocycles. The van der Waals surface area contributed by atoms with Crippen molar-refractivity contribution in [3.63, 3.8) is 0 Å². The topological polar surface area (TPSA) is 36.9 Å². The van der Waals surface area contributed by atoms with Crippen LogP contribution in [0.3, 0.4) is 0 Å². The fourth-order valence-electron chi connectivity index (χ4n) is 2.93. The Hall–Kier alpha value is -0.160. The number of ether oxygens (including phenoxy) is 4. The normalized spacial score (nSPS) is 34.0. The summed E-state index contributed by atoms with van der Waals surface area (Å²) >= 11 is 0. The molecule has 21 heavy (non-hydrogen) atoms. The van der Waals surface area contributed by atoms with Crippen molar-refractivity contribution >= 4 is 0 Å². The summed E-state index contributed by atoms with van der Waals surface area (Å²) in [6.45, 7) is 7.74. The highest BCUT2D eigenvalue weighted by atomic mass is 16.7. The van der Waals surface area contributed by atoms with Crippen LogP contribution in [0.2, 0.25) is 0 Å². The molecule has 0 N–H and O–H groups in total. The van der Waals surface area contributed by atoms with E-state index in [9.17, 15) is 0 Å². The maximum atomic E-state index is 5.83. The van der Waals surface area contributed by atoms with Crippen molar-refractivity contribution in [1.29, 1.82) is 0 Å². The molecule has 0 aromatic heterocycles. The average Bonchev–Trinajstić information content (AvgIpc) is 2.53. The smallest absolute Gasteiger partial charge is 0.157 e. The first kappa shape index (κ1) is 17.2. The first-order valence-electron chi connectivity index (χ1n) is 8.78. The number of hydrogen-bond donors (Lipinski definition) is 0. The molecule has 0 spiro atoms. The van der Waals surface area contributed by atoms with E-state index in [1.54, 1.807) is 0 Å². The Balaban J connectivity index is 1.54. The zero-order valence-electron chi connectivity index (χ0n) is 13.7. The molecular formula is C17H32O4. The summed E-state index contributed by atoms with van der Waals surface area (Å²) in [4.78, 5) is 0. The van der Waals surface area contributed by atoms with E-state index >= 15 is 0 Å². The molecule has 0 aromatic carbocycles. The van der Waals surface area contributed by atoms with Gasteiger partial charge in [0.25, 0.3) is 0 Å². The number of rotatable bonds is 8. The highest BCUT2D eigenvalue weighted by Crippen LogP contribution is 2.23. The fraction of sp³-hybridized carbons (Fsp3) is 1.00. The molecule has 2 saturated heterocycles. The van der Waals surface area contributed by atoms with Crippen molar-refractivity contribution in [2.24, 2.45) is 11.8 Å². The number of unbranched alkanes of at least 4 members (excludes halogenated alkanes) is 1. The molecule has 2 heterocycles. The predicted octanol–water partition coefficient (Wildman–Crippen LogP) is 3.74. The monoisotopic (exact) mass is 300 g/mol. The van der Waals surface area contributed by atoms with Crippen LogP contribution < -0.4 is 0 Å². The Kier molecular flexibility index (Phi) is 8.01. The van der Waals surface area contributed by atoms with Gasteiger partial charge >= 0.3 is 0 Å². The van der Waals surface area contributed by atoms with E-state index in [0.29, 0.717) is 11.8 Å². The van der Waals surface area contributed by atoms with Crippen molar-refractivity contribution in [2.45, 2.75) is 71.4 Å². The van der Waals surface area contributed by atoms with E-state index in [-0.39, 0.29) is 12.6 Å². The first-order chi connectivity index (χ1) is 10.3. The highest BCUT2D eigenvalue weighted by Gasteiger charge is 2.25. The molecule has 124 valence electrons. The molecule has 0 bridgehead atoms.